The Morgan fingerprint density at radius 3 is 1.60 bits per heavy atom. The first-order chi connectivity index (χ1) is 4.18. The van der Waals surface area contributed by atoms with Crippen LogP contribution in [0.4, 0.5) is 0 Å². The maximum Gasteiger partial charge on any atom is 0.0957 e. The predicted octanol–water partition coefficient (Wildman–Crippen LogP) is -1.87. The van der Waals surface area contributed by atoms with Gasteiger partial charge in [-0.1, -0.05) is 6.92 Å². The van der Waals surface area contributed by atoms with E-state index < -0.39 is 0 Å². The first-order valence-electron chi connectivity index (χ1n) is 3.83. The lowest BCUT2D eigenvalue weighted by Crippen LogP contribution is -3.00. The molecule has 10 heavy (non-hydrogen) atoms. The first kappa shape index (κ1) is 12.8. The van der Waals surface area contributed by atoms with Gasteiger partial charge in [-0.05, 0) is 20.3 Å². The lowest BCUT2D eigenvalue weighted by molar-refractivity contribution is -0.936. The Balaban J connectivity index is 0. The van der Waals surface area contributed by atoms with Gasteiger partial charge in [0, 0.05) is 0 Å². The highest BCUT2D eigenvalue weighted by molar-refractivity contribution is 4.28. The van der Waals surface area contributed by atoms with Crippen LogP contribution in [0.1, 0.15) is 27.2 Å². The van der Waals surface area contributed by atoms with Crippen LogP contribution in [-0.2, 0) is 0 Å². The highest BCUT2D eigenvalue weighted by Crippen LogP contribution is 1.97. The molecule has 0 amide bonds. The number of hydrogen-bond acceptors (Lipinski definition) is 1. The predicted molar refractivity (Wildman–Crippen MR) is 40.7 cm³/mol. The van der Waals surface area contributed by atoms with Gasteiger partial charge in [-0.3, -0.25) is 0 Å². The van der Waals surface area contributed by atoms with E-state index in [2.05, 4.69) is 20.8 Å². The molecule has 0 saturated heterocycles. The van der Waals surface area contributed by atoms with Crippen LogP contribution in [0.5, 0.6) is 0 Å². The van der Waals surface area contributed by atoms with Crippen molar-refractivity contribution in [3.63, 3.8) is 0 Å². The number of hydrogen-bond donors (Lipinski definition) is 1. The van der Waals surface area contributed by atoms with Gasteiger partial charge in [-0.2, -0.15) is 5.84 Å². The van der Waals surface area contributed by atoms with Crippen LogP contribution < -0.4 is 18.2 Å². The second-order valence-electron chi connectivity index (χ2n) is 2.57. The molecule has 0 aromatic heterocycles. The summed E-state index contributed by atoms with van der Waals surface area (Å²) in [4.78, 5) is 0. The quantitative estimate of drug-likeness (QED) is 0.296. The molecule has 64 valence electrons. The van der Waals surface area contributed by atoms with Crippen molar-refractivity contribution in [2.75, 3.05) is 19.6 Å². The van der Waals surface area contributed by atoms with Gasteiger partial charge in [0.05, 0.1) is 19.6 Å². The largest absolute Gasteiger partial charge is 1.00 e. The summed E-state index contributed by atoms with van der Waals surface area (Å²) in [6.45, 7) is 9.64. The lowest BCUT2D eigenvalue weighted by atomic mass is 10.4. The standard InChI is InChI=1S/C7H19N2.ClH/c1-4-7-9(8,5-2)6-3;/h4-8H2,1-3H3;1H/q+1;/p-1. The van der Waals surface area contributed by atoms with Crippen molar-refractivity contribution in [1.82, 2.24) is 0 Å². The van der Waals surface area contributed by atoms with Gasteiger partial charge in [0.2, 0.25) is 0 Å². The second kappa shape index (κ2) is 5.96. The van der Waals surface area contributed by atoms with Crippen molar-refractivity contribution in [2.45, 2.75) is 27.2 Å². The molecule has 0 fully saturated rings. The molecular weight excluding hydrogens is 148 g/mol. The first-order valence-corrected chi connectivity index (χ1v) is 3.83. The third kappa shape index (κ3) is 4.09. The summed E-state index contributed by atoms with van der Waals surface area (Å²) in [6, 6.07) is 0. The molecule has 0 spiro atoms. The number of nitrogens with zero attached hydrogens (tertiary/aromatic N) is 1. The van der Waals surface area contributed by atoms with Crippen molar-refractivity contribution < 1.29 is 17.0 Å². The molecule has 0 aliphatic rings. The zero-order valence-corrected chi connectivity index (χ0v) is 7.99. The van der Waals surface area contributed by atoms with Gasteiger partial charge in [0.25, 0.3) is 0 Å². The Hall–Kier alpha value is 0.210. The third-order valence-corrected chi connectivity index (χ3v) is 1.93. The number of quaternary nitrogens is 1. The summed E-state index contributed by atoms with van der Waals surface area (Å²) in [5.74, 6) is 5.94. The zero-order chi connectivity index (χ0) is 7.33. The molecule has 0 unspecified atom stereocenters. The van der Waals surface area contributed by atoms with Crippen molar-refractivity contribution in [1.29, 1.82) is 0 Å². The molecule has 2 N–H and O–H groups in total. The second-order valence-corrected chi connectivity index (χ2v) is 2.57. The third-order valence-electron chi connectivity index (χ3n) is 1.93. The fraction of sp³-hybridized carbons (Fsp3) is 1.00. The van der Waals surface area contributed by atoms with Crippen LogP contribution in [-0.4, -0.2) is 24.2 Å². The van der Waals surface area contributed by atoms with Crippen LogP contribution >= 0.6 is 0 Å². The summed E-state index contributed by atoms with van der Waals surface area (Å²) < 4.78 is 0.733. The molecular formula is C7H19ClN2. The molecule has 0 heterocycles. The molecule has 0 radical (unpaired) electrons. The van der Waals surface area contributed by atoms with Crippen molar-refractivity contribution >= 4 is 0 Å². The van der Waals surface area contributed by atoms with E-state index in [-0.39, 0.29) is 12.4 Å². The normalized spacial score (nSPS) is 10.8. The van der Waals surface area contributed by atoms with Gasteiger partial charge in [-0.25, -0.2) is 4.59 Å². The molecule has 0 aliphatic carbocycles. The van der Waals surface area contributed by atoms with E-state index in [9.17, 15) is 0 Å². The van der Waals surface area contributed by atoms with E-state index in [4.69, 9.17) is 5.84 Å². The Bertz CT molecular complexity index is 72.0. The van der Waals surface area contributed by atoms with Crippen molar-refractivity contribution in [3.05, 3.63) is 0 Å². The topological polar surface area (TPSA) is 26.0 Å². The van der Waals surface area contributed by atoms with E-state index >= 15 is 0 Å². The fourth-order valence-electron chi connectivity index (χ4n) is 0.985. The van der Waals surface area contributed by atoms with Gasteiger partial charge >= 0.3 is 0 Å². The van der Waals surface area contributed by atoms with E-state index in [0.29, 0.717) is 0 Å². The Kier molecular flexibility index (Phi) is 7.65. The minimum Gasteiger partial charge on any atom is -1.00 e. The Labute approximate surface area is 70.4 Å². The van der Waals surface area contributed by atoms with Crippen molar-refractivity contribution in [2.24, 2.45) is 5.84 Å². The van der Waals surface area contributed by atoms with E-state index in [1.165, 1.54) is 6.42 Å². The summed E-state index contributed by atoms with van der Waals surface area (Å²) in [7, 11) is 0. The van der Waals surface area contributed by atoms with Crippen molar-refractivity contribution in [3.8, 4) is 0 Å². The summed E-state index contributed by atoms with van der Waals surface area (Å²) >= 11 is 0. The lowest BCUT2D eigenvalue weighted by Gasteiger charge is -2.29. The molecule has 0 aromatic rings. The fourth-order valence-corrected chi connectivity index (χ4v) is 0.985. The van der Waals surface area contributed by atoms with Crippen LogP contribution in [0.25, 0.3) is 0 Å². The number of halogens is 1. The monoisotopic (exact) mass is 166 g/mol. The van der Waals surface area contributed by atoms with E-state index in [1.54, 1.807) is 0 Å². The van der Waals surface area contributed by atoms with Crippen LogP contribution in [0.15, 0.2) is 0 Å². The molecule has 0 rings (SSSR count). The number of nitrogens with two attached hydrogens (primary N) is 1. The van der Waals surface area contributed by atoms with Crippen LogP contribution in [0.3, 0.4) is 0 Å². The van der Waals surface area contributed by atoms with Gasteiger partial charge in [0.15, 0.2) is 0 Å². The van der Waals surface area contributed by atoms with E-state index in [0.717, 1.165) is 24.2 Å². The van der Waals surface area contributed by atoms with Crippen LogP contribution in [0, 0.1) is 0 Å². The molecule has 0 aromatic carbocycles. The Morgan fingerprint density at radius 2 is 1.50 bits per heavy atom. The maximum atomic E-state index is 5.94. The minimum absolute atomic E-state index is 0. The average Bonchev–Trinajstić information content (AvgIpc) is 1.89. The molecule has 0 aliphatic heterocycles. The van der Waals surface area contributed by atoms with Crippen LogP contribution in [0.2, 0.25) is 0 Å². The number of rotatable bonds is 4. The molecule has 0 saturated carbocycles. The SMILES string of the molecule is CCC[N+](N)(CC)CC.[Cl-]. The summed E-state index contributed by atoms with van der Waals surface area (Å²) in [5.41, 5.74) is 0. The summed E-state index contributed by atoms with van der Waals surface area (Å²) in [6.07, 6.45) is 1.18. The average molecular weight is 167 g/mol. The maximum absolute atomic E-state index is 5.94. The Morgan fingerprint density at radius 1 is 1.10 bits per heavy atom. The van der Waals surface area contributed by atoms with Gasteiger partial charge in [-0.15, -0.1) is 0 Å². The van der Waals surface area contributed by atoms with Gasteiger partial charge in [0.1, 0.15) is 0 Å². The van der Waals surface area contributed by atoms with Gasteiger partial charge < -0.3 is 12.4 Å². The van der Waals surface area contributed by atoms with E-state index in [1.807, 2.05) is 0 Å². The minimum atomic E-state index is 0. The smallest absolute Gasteiger partial charge is 0.0957 e. The molecule has 0 atom stereocenters. The summed E-state index contributed by atoms with van der Waals surface area (Å²) in [5, 5.41) is 0. The molecule has 3 heteroatoms. The highest BCUT2D eigenvalue weighted by Gasteiger charge is 2.14. The molecule has 2 nitrogen and oxygen atoms in total. The highest BCUT2D eigenvalue weighted by atomic mass is 35.5. The zero-order valence-electron chi connectivity index (χ0n) is 7.23. The molecule has 0 bridgehead atoms.